The number of benzene rings is 1. The Kier molecular flexibility index (Phi) is 3.94. The molecule has 2 aromatic rings. The summed E-state index contributed by atoms with van der Waals surface area (Å²) in [6, 6.07) is 4.13. The van der Waals surface area contributed by atoms with Crippen molar-refractivity contribution in [3.05, 3.63) is 51.1 Å². The van der Waals surface area contributed by atoms with E-state index in [1.165, 1.54) is 36.3 Å². The third-order valence-electron chi connectivity index (χ3n) is 2.48. The quantitative estimate of drug-likeness (QED) is 0.483. The molecule has 0 saturated carbocycles. The first-order valence-electron chi connectivity index (χ1n) is 5.42. The molecule has 1 heterocycles. The zero-order chi connectivity index (χ0) is 14.7. The molecule has 0 unspecified atom stereocenters. The van der Waals surface area contributed by atoms with E-state index in [0.717, 1.165) is 0 Å². The number of aromatic nitrogens is 3. The second-order valence-corrected chi connectivity index (χ2v) is 4.20. The van der Waals surface area contributed by atoms with E-state index in [1.54, 1.807) is 0 Å². The molecule has 8 nitrogen and oxygen atoms in total. The van der Waals surface area contributed by atoms with Gasteiger partial charge in [0.1, 0.15) is 6.33 Å². The van der Waals surface area contributed by atoms with Gasteiger partial charge in [-0.15, -0.1) is 5.10 Å². The van der Waals surface area contributed by atoms with Gasteiger partial charge in [-0.05, 0) is 11.6 Å². The second-order valence-electron chi connectivity index (χ2n) is 3.79. The lowest BCUT2D eigenvalue weighted by Crippen LogP contribution is -2.06. The summed E-state index contributed by atoms with van der Waals surface area (Å²) in [5.41, 5.74) is 0.533. The first kappa shape index (κ1) is 13.9. The fourth-order valence-corrected chi connectivity index (χ4v) is 1.74. The molecular formula is C11H9ClN4O4. The maximum Gasteiger partial charge on any atom is 0.377 e. The molecule has 0 fully saturated rings. The Morgan fingerprint density at radius 2 is 2.30 bits per heavy atom. The van der Waals surface area contributed by atoms with Gasteiger partial charge in [-0.2, -0.15) is 0 Å². The molecule has 0 bridgehead atoms. The number of nitro benzene ring substituents is 1. The van der Waals surface area contributed by atoms with Crippen LogP contribution >= 0.6 is 11.6 Å². The van der Waals surface area contributed by atoms with Crippen molar-refractivity contribution in [2.45, 2.75) is 6.54 Å². The SMILES string of the molecule is COC(=O)c1ncn(Cc2ccc([N+](=O)[O-])cc2Cl)n1. The van der Waals surface area contributed by atoms with Gasteiger partial charge in [-0.3, -0.25) is 10.1 Å². The fraction of sp³-hybridized carbons (Fsp3) is 0.182. The van der Waals surface area contributed by atoms with Gasteiger partial charge in [0.05, 0.1) is 23.6 Å². The topological polar surface area (TPSA) is 100 Å². The van der Waals surface area contributed by atoms with E-state index in [4.69, 9.17) is 11.6 Å². The van der Waals surface area contributed by atoms with Crippen LogP contribution in [-0.2, 0) is 11.3 Å². The number of hydrogen-bond acceptors (Lipinski definition) is 6. The summed E-state index contributed by atoms with van der Waals surface area (Å²) >= 11 is 5.96. The highest BCUT2D eigenvalue weighted by molar-refractivity contribution is 6.31. The summed E-state index contributed by atoms with van der Waals surface area (Å²) in [5.74, 6) is -0.705. The smallest absolute Gasteiger partial charge is 0.377 e. The first-order valence-corrected chi connectivity index (χ1v) is 5.79. The zero-order valence-electron chi connectivity index (χ0n) is 10.3. The number of esters is 1. The van der Waals surface area contributed by atoms with Crippen molar-refractivity contribution in [3.8, 4) is 0 Å². The summed E-state index contributed by atoms with van der Waals surface area (Å²) in [6.45, 7) is 0.237. The van der Waals surface area contributed by atoms with Crippen LogP contribution in [-0.4, -0.2) is 32.8 Å². The summed E-state index contributed by atoms with van der Waals surface area (Å²) in [5, 5.41) is 14.8. The van der Waals surface area contributed by atoms with E-state index < -0.39 is 10.9 Å². The number of carbonyl (C=O) groups is 1. The van der Waals surface area contributed by atoms with Crippen LogP contribution in [0.25, 0.3) is 0 Å². The van der Waals surface area contributed by atoms with Gasteiger partial charge in [0.15, 0.2) is 0 Å². The van der Waals surface area contributed by atoms with Crippen LogP contribution in [0.15, 0.2) is 24.5 Å². The number of hydrogen-bond donors (Lipinski definition) is 0. The number of rotatable bonds is 4. The number of nitrogens with zero attached hydrogens (tertiary/aromatic N) is 4. The zero-order valence-corrected chi connectivity index (χ0v) is 11.1. The fourth-order valence-electron chi connectivity index (χ4n) is 1.51. The van der Waals surface area contributed by atoms with E-state index in [9.17, 15) is 14.9 Å². The molecule has 1 aromatic carbocycles. The van der Waals surface area contributed by atoms with Crippen LogP contribution < -0.4 is 0 Å². The Hall–Kier alpha value is -2.48. The van der Waals surface area contributed by atoms with Crippen LogP contribution in [0.3, 0.4) is 0 Å². The number of nitro groups is 1. The highest BCUT2D eigenvalue weighted by Crippen LogP contribution is 2.22. The summed E-state index contributed by atoms with van der Waals surface area (Å²) in [6.07, 6.45) is 1.35. The van der Waals surface area contributed by atoms with Crippen LogP contribution in [0, 0.1) is 10.1 Å². The summed E-state index contributed by atoms with van der Waals surface area (Å²) < 4.78 is 5.88. The molecule has 2 rings (SSSR count). The van der Waals surface area contributed by atoms with Crippen LogP contribution in [0.5, 0.6) is 0 Å². The second kappa shape index (κ2) is 5.66. The highest BCUT2D eigenvalue weighted by Gasteiger charge is 2.13. The minimum atomic E-state index is -0.640. The van der Waals surface area contributed by atoms with Crippen LogP contribution in [0.4, 0.5) is 5.69 Å². The molecule has 0 spiro atoms. The van der Waals surface area contributed by atoms with Crippen molar-refractivity contribution in [1.82, 2.24) is 14.8 Å². The van der Waals surface area contributed by atoms with Gasteiger partial charge >= 0.3 is 5.97 Å². The molecule has 0 radical (unpaired) electrons. The number of methoxy groups -OCH3 is 1. The highest BCUT2D eigenvalue weighted by atomic mass is 35.5. The minimum absolute atomic E-state index is 0.0643. The summed E-state index contributed by atoms with van der Waals surface area (Å²) in [4.78, 5) is 25.1. The molecule has 20 heavy (non-hydrogen) atoms. The molecule has 0 aliphatic heterocycles. The standard InChI is InChI=1S/C11H9ClN4O4/c1-20-11(17)10-13-6-15(14-10)5-7-2-3-8(16(18)19)4-9(7)12/h2-4,6H,5H2,1H3. The third kappa shape index (κ3) is 2.91. The third-order valence-corrected chi connectivity index (χ3v) is 2.84. The van der Waals surface area contributed by atoms with Gasteiger partial charge in [0.2, 0.25) is 0 Å². The normalized spacial score (nSPS) is 10.3. The molecule has 104 valence electrons. The predicted octanol–water partition coefficient (Wildman–Crippen LogP) is 1.67. The van der Waals surface area contributed by atoms with E-state index in [0.29, 0.717) is 5.56 Å². The van der Waals surface area contributed by atoms with E-state index in [-0.39, 0.29) is 23.1 Å². The average molecular weight is 297 g/mol. The van der Waals surface area contributed by atoms with E-state index >= 15 is 0 Å². The molecule has 0 N–H and O–H groups in total. The Morgan fingerprint density at radius 1 is 1.55 bits per heavy atom. The van der Waals surface area contributed by atoms with Gasteiger partial charge in [0.25, 0.3) is 11.5 Å². The Labute approximate surface area is 118 Å². The number of non-ortho nitro benzene ring substituents is 1. The van der Waals surface area contributed by atoms with Crippen molar-refractivity contribution in [3.63, 3.8) is 0 Å². The summed E-state index contributed by atoms with van der Waals surface area (Å²) in [7, 11) is 1.23. The van der Waals surface area contributed by atoms with Gasteiger partial charge in [-0.25, -0.2) is 14.5 Å². The largest absolute Gasteiger partial charge is 0.463 e. The molecule has 0 aliphatic carbocycles. The molecular weight excluding hydrogens is 288 g/mol. The molecule has 0 saturated heterocycles. The average Bonchev–Trinajstić information content (AvgIpc) is 2.88. The lowest BCUT2D eigenvalue weighted by molar-refractivity contribution is -0.384. The minimum Gasteiger partial charge on any atom is -0.463 e. The van der Waals surface area contributed by atoms with Crippen molar-refractivity contribution in [2.24, 2.45) is 0 Å². The molecule has 0 atom stereocenters. The number of halogens is 1. The van der Waals surface area contributed by atoms with E-state index in [2.05, 4.69) is 14.8 Å². The molecule has 1 aromatic heterocycles. The maximum atomic E-state index is 11.2. The van der Waals surface area contributed by atoms with Crippen molar-refractivity contribution in [1.29, 1.82) is 0 Å². The Bertz CT molecular complexity index is 670. The van der Waals surface area contributed by atoms with Gasteiger partial charge in [-0.1, -0.05) is 11.6 Å². The molecule has 0 amide bonds. The maximum absolute atomic E-state index is 11.2. The Balaban J connectivity index is 2.20. The lowest BCUT2D eigenvalue weighted by Gasteiger charge is -2.03. The number of carbonyl (C=O) groups excluding carboxylic acids is 1. The monoisotopic (exact) mass is 296 g/mol. The number of ether oxygens (including phenoxy) is 1. The van der Waals surface area contributed by atoms with Crippen molar-refractivity contribution >= 4 is 23.3 Å². The van der Waals surface area contributed by atoms with E-state index in [1.807, 2.05) is 0 Å². The van der Waals surface area contributed by atoms with Gasteiger partial charge < -0.3 is 4.74 Å². The van der Waals surface area contributed by atoms with Crippen molar-refractivity contribution in [2.75, 3.05) is 7.11 Å². The van der Waals surface area contributed by atoms with Crippen molar-refractivity contribution < 1.29 is 14.5 Å². The van der Waals surface area contributed by atoms with Crippen LogP contribution in [0.2, 0.25) is 5.02 Å². The molecule has 9 heteroatoms. The van der Waals surface area contributed by atoms with Crippen LogP contribution in [0.1, 0.15) is 16.2 Å². The lowest BCUT2D eigenvalue weighted by atomic mass is 10.2. The first-order chi connectivity index (χ1) is 9.51. The Morgan fingerprint density at radius 3 is 2.90 bits per heavy atom. The van der Waals surface area contributed by atoms with Gasteiger partial charge in [0, 0.05) is 12.1 Å². The molecule has 0 aliphatic rings. The predicted molar refractivity (Wildman–Crippen MR) is 68.6 cm³/mol.